The summed E-state index contributed by atoms with van der Waals surface area (Å²) >= 11 is 0. The number of hydrogen-bond donors (Lipinski definition) is 1. The van der Waals surface area contributed by atoms with Gasteiger partial charge in [0, 0.05) is 26.2 Å². The van der Waals surface area contributed by atoms with Crippen molar-refractivity contribution in [1.82, 2.24) is 9.78 Å². The molecule has 3 nitrogen and oxygen atoms in total. The molecule has 1 heterocycles. The Balaban J connectivity index is 2.64. The van der Waals surface area contributed by atoms with Gasteiger partial charge in [0.2, 0.25) is 0 Å². The highest BCUT2D eigenvalue weighted by atomic mass is 19.1. The molecule has 0 aliphatic rings. The monoisotopic (exact) mass is 199 g/mol. The number of aromatic nitrogens is 2. The molecule has 0 aliphatic carbocycles. The minimum atomic E-state index is -1.29. The van der Waals surface area contributed by atoms with Gasteiger partial charge in [-0.25, -0.2) is 4.39 Å². The molecule has 0 amide bonds. The zero-order chi connectivity index (χ0) is 10.6. The van der Waals surface area contributed by atoms with E-state index in [1.54, 1.807) is 4.68 Å². The van der Waals surface area contributed by atoms with E-state index < -0.39 is 5.67 Å². The second kappa shape index (κ2) is 4.55. The van der Waals surface area contributed by atoms with Crippen LogP contribution in [0, 0.1) is 0 Å². The number of aryl methyl sites for hydroxylation is 1. The van der Waals surface area contributed by atoms with Crippen molar-refractivity contribution in [2.45, 2.75) is 31.9 Å². The molecular weight excluding hydrogens is 181 g/mol. The third kappa shape index (κ3) is 2.80. The van der Waals surface area contributed by atoms with E-state index in [2.05, 4.69) is 5.10 Å². The second-order valence-corrected chi connectivity index (χ2v) is 3.76. The smallest absolute Gasteiger partial charge is 0.128 e. The molecule has 14 heavy (non-hydrogen) atoms. The van der Waals surface area contributed by atoms with Crippen molar-refractivity contribution in [3.63, 3.8) is 0 Å². The summed E-state index contributed by atoms with van der Waals surface area (Å²) in [4.78, 5) is 0. The molecule has 4 heteroatoms. The Bertz CT molecular complexity index is 285. The number of nitrogens with zero attached hydrogens (tertiary/aromatic N) is 2. The van der Waals surface area contributed by atoms with E-state index in [0.29, 0.717) is 12.8 Å². The summed E-state index contributed by atoms with van der Waals surface area (Å²) in [5.74, 6) is 0. The summed E-state index contributed by atoms with van der Waals surface area (Å²) < 4.78 is 15.7. The van der Waals surface area contributed by atoms with Crippen LogP contribution in [0.1, 0.15) is 25.5 Å². The van der Waals surface area contributed by atoms with E-state index in [1.165, 1.54) is 0 Å². The second-order valence-electron chi connectivity index (χ2n) is 3.76. The quantitative estimate of drug-likeness (QED) is 0.779. The van der Waals surface area contributed by atoms with Gasteiger partial charge in [0.15, 0.2) is 0 Å². The Hall–Kier alpha value is -0.900. The van der Waals surface area contributed by atoms with Crippen molar-refractivity contribution in [2.75, 3.05) is 6.54 Å². The maximum absolute atomic E-state index is 14.0. The van der Waals surface area contributed by atoms with Gasteiger partial charge in [-0.1, -0.05) is 13.3 Å². The Morgan fingerprint density at radius 2 is 2.36 bits per heavy atom. The predicted molar refractivity (Wildman–Crippen MR) is 54.7 cm³/mol. The van der Waals surface area contributed by atoms with Crippen LogP contribution in [0.2, 0.25) is 0 Å². The number of alkyl halides is 1. The van der Waals surface area contributed by atoms with E-state index in [9.17, 15) is 4.39 Å². The molecule has 1 rings (SSSR count). The average molecular weight is 199 g/mol. The third-order valence-electron chi connectivity index (χ3n) is 2.33. The normalized spacial score (nSPS) is 15.4. The largest absolute Gasteiger partial charge is 0.328 e. The predicted octanol–water partition coefficient (Wildman–Crippen LogP) is 1.43. The minimum Gasteiger partial charge on any atom is -0.328 e. The van der Waals surface area contributed by atoms with Gasteiger partial charge in [0.05, 0.1) is 5.69 Å². The lowest BCUT2D eigenvalue weighted by molar-refractivity contribution is 0.156. The summed E-state index contributed by atoms with van der Waals surface area (Å²) in [5.41, 5.74) is 4.92. The van der Waals surface area contributed by atoms with Gasteiger partial charge < -0.3 is 5.73 Å². The van der Waals surface area contributed by atoms with E-state index in [4.69, 9.17) is 5.73 Å². The molecule has 0 spiro atoms. The zero-order valence-electron chi connectivity index (χ0n) is 8.83. The van der Waals surface area contributed by atoms with Crippen molar-refractivity contribution in [3.05, 3.63) is 18.0 Å². The number of rotatable bonds is 5. The zero-order valence-corrected chi connectivity index (χ0v) is 8.83. The average Bonchev–Trinajstić information content (AvgIpc) is 2.51. The lowest BCUT2D eigenvalue weighted by atomic mass is 9.95. The first-order valence-electron chi connectivity index (χ1n) is 4.97. The van der Waals surface area contributed by atoms with E-state index in [-0.39, 0.29) is 6.54 Å². The summed E-state index contributed by atoms with van der Waals surface area (Å²) in [6, 6.07) is 1.83. The van der Waals surface area contributed by atoms with Gasteiger partial charge >= 0.3 is 0 Å². The lowest BCUT2D eigenvalue weighted by Crippen LogP contribution is -2.35. The first-order chi connectivity index (χ1) is 6.59. The van der Waals surface area contributed by atoms with Crippen LogP contribution in [0.4, 0.5) is 4.39 Å². The fourth-order valence-electron chi connectivity index (χ4n) is 1.59. The van der Waals surface area contributed by atoms with Crippen LogP contribution in [-0.4, -0.2) is 22.0 Å². The highest BCUT2D eigenvalue weighted by Crippen LogP contribution is 2.21. The molecule has 0 saturated carbocycles. The molecule has 1 aromatic rings. The molecule has 80 valence electrons. The topological polar surface area (TPSA) is 43.8 Å². The SMILES string of the molecule is CCCC(F)(CN)Cc1ccn(C)n1. The van der Waals surface area contributed by atoms with Crippen molar-refractivity contribution in [2.24, 2.45) is 12.8 Å². The number of hydrogen-bond acceptors (Lipinski definition) is 2. The van der Waals surface area contributed by atoms with Crippen LogP contribution in [0.3, 0.4) is 0 Å². The van der Waals surface area contributed by atoms with Gasteiger partial charge in [-0.05, 0) is 12.5 Å². The summed E-state index contributed by atoms with van der Waals surface area (Å²) in [7, 11) is 1.83. The van der Waals surface area contributed by atoms with Crippen LogP contribution in [0.25, 0.3) is 0 Å². The molecule has 1 unspecified atom stereocenters. The number of halogens is 1. The van der Waals surface area contributed by atoms with Gasteiger partial charge in [-0.15, -0.1) is 0 Å². The van der Waals surface area contributed by atoms with Crippen LogP contribution >= 0.6 is 0 Å². The van der Waals surface area contributed by atoms with Gasteiger partial charge in [-0.2, -0.15) is 5.10 Å². The van der Waals surface area contributed by atoms with E-state index in [1.807, 2.05) is 26.2 Å². The van der Waals surface area contributed by atoms with Crippen LogP contribution < -0.4 is 5.73 Å². The molecule has 0 fully saturated rings. The standard InChI is InChI=1S/C10H18FN3/c1-3-5-10(11,8-12)7-9-4-6-14(2)13-9/h4,6H,3,5,7-8,12H2,1-2H3. The summed E-state index contributed by atoms with van der Waals surface area (Å²) in [6.07, 6.45) is 3.44. The molecule has 2 N–H and O–H groups in total. The fraction of sp³-hybridized carbons (Fsp3) is 0.700. The van der Waals surface area contributed by atoms with Crippen LogP contribution in [-0.2, 0) is 13.5 Å². The third-order valence-corrected chi connectivity index (χ3v) is 2.33. The van der Waals surface area contributed by atoms with Gasteiger partial charge in [-0.3, -0.25) is 4.68 Å². The molecule has 1 atom stereocenters. The van der Waals surface area contributed by atoms with Crippen molar-refractivity contribution in [3.8, 4) is 0 Å². The van der Waals surface area contributed by atoms with Crippen LogP contribution in [0.5, 0.6) is 0 Å². The maximum atomic E-state index is 14.0. The van der Waals surface area contributed by atoms with Crippen molar-refractivity contribution in [1.29, 1.82) is 0 Å². The minimum absolute atomic E-state index is 0.0669. The van der Waals surface area contributed by atoms with Crippen molar-refractivity contribution >= 4 is 0 Å². The molecule has 0 aromatic carbocycles. The van der Waals surface area contributed by atoms with Gasteiger partial charge in [0.25, 0.3) is 0 Å². The van der Waals surface area contributed by atoms with Gasteiger partial charge in [0.1, 0.15) is 5.67 Å². The summed E-state index contributed by atoms with van der Waals surface area (Å²) in [6.45, 7) is 2.03. The lowest BCUT2D eigenvalue weighted by Gasteiger charge is -2.21. The highest BCUT2D eigenvalue weighted by molar-refractivity contribution is 5.04. The molecule has 0 aliphatic heterocycles. The maximum Gasteiger partial charge on any atom is 0.128 e. The Labute approximate surface area is 84.1 Å². The first-order valence-corrected chi connectivity index (χ1v) is 4.97. The number of nitrogens with two attached hydrogens (primary N) is 1. The van der Waals surface area contributed by atoms with Crippen molar-refractivity contribution < 1.29 is 4.39 Å². The Kier molecular flexibility index (Phi) is 3.63. The highest BCUT2D eigenvalue weighted by Gasteiger charge is 2.28. The molecule has 0 radical (unpaired) electrons. The molecule has 0 saturated heterocycles. The van der Waals surface area contributed by atoms with E-state index in [0.717, 1.165) is 12.1 Å². The Morgan fingerprint density at radius 1 is 1.64 bits per heavy atom. The molecular formula is C10H18FN3. The Morgan fingerprint density at radius 3 is 2.79 bits per heavy atom. The van der Waals surface area contributed by atoms with Crippen LogP contribution in [0.15, 0.2) is 12.3 Å². The molecule has 1 aromatic heterocycles. The van der Waals surface area contributed by atoms with E-state index >= 15 is 0 Å². The fourth-order valence-corrected chi connectivity index (χ4v) is 1.59. The summed E-state index contributed by atoms with van der Waals surface area (Å²) in [5, 5.41) is 4.15. The first kappa shape index (κ1) is 11.2. The molecule has 0 bridgehead atoms.